The van der Waals surface area contributed by atoms with E-state index in [0.717, 1.165) is 49.5 Å². The van der Waals surface area contributed by atoms with Gasteiger partial charge in [-0.15, -0.1) is 11.3 Å². The highest BCUT2D eigenvalue weighted by atomic mass is 32.1. The number of benzene rings is 2. The van der Waals surface area contributed by atoms with Crippen LogP contribution in [0.2, 0.25) is 0 Å². The van der Waals surface area contributed by atoms with Gasteiger partial charge in [0.1, 0.15) is 0 Å². The van der Waals surface area contributed by atoms with Gasteiger partial charge in [-0.25, -0.2) is 9.78 Å². The monoisotopic (exact) mass is 543 g/mol. The Balaban J connectivity index is 1.18. The molecule has 0 saturated carbocycles. The number of ether oxygens (including phenoxy) is 1. The number of rotatable bonds is 10. The van der Waals surface area contributed by atoms with Crippen molar-refractivity contribution in [1.82, 2.24) is 15.2 Å². The van der Waals surface area contributed by atoms with Crippen LogP contribution in [0.5, 0.6) is 5.88 Å². The summed E-state index contributed by atoms with van der Waals surface area (Å²) >= 11 is 1.84. The Kier molecular flexibility index (Phi) is 8.68. The zero-order valence-electron chi connectivity index (χ0n) is 21.9. The first kappa shape index (κ1) is 27.0. The molecule has 7 nitrogen and oxygen atoms in total. The van der Waals surface area contributed by atoms with Crippen LogP contribution in [-0.2, 0) is 11.3 Å². The number of hydrogen-bond donors (Lipinski definition) is 3. The number of piperidine rings is 1. The number of carbonyl (C=O) groups is 1. The van der Waals surface area contributed by atoms with Crippen molar-refractivity contribution in [3.63, 3.8) is 0 Å². The molecule has 0 bridgehead atoms. The molecule has 1 saturated heterocycles. The second-order valence-electron chi connectivity index (χ2n) is 9.77. The van der Waals surface area contributed by atoms with Crippen LogP contribution in [0.3, 0.4) is 0 Å². The minimum absolute atomic E-state index is 0.448. The van der Waals surface area contributed by atoms with Crippen molar-refractivity contribution in [3.05, 3.63) is 88.8 Å². The lowest BCUT2D eigenvalue weighted by Crippen LogP contribution is -2.43. The number of pyridine rings is 1. The molecule has 39 heavy (non-hydrogen) atoms. The van der Waals surface area contributed by atoms with Gasteiger partial charge in [0.05, 0.1) is 18.7 Å². The average Bonchev–Trinajstić information content (AvgIpc) is 3.44. The molecule has 202 valence electrons. The standard InChI is InChI=1S/C31H33N3O4S/c1-38-29-13-11-25-21(8-14-30(36)37)7-10-26(31(25)33-29)27(35)20-34-17-15-23(16-18-34)32-19-24-9-12-28(39-24)22-5-3-2-4-6-22/h2-14,23,27,32,35H,15-20H2,1H3,(H,36,37)/b14-8+. The molecule has 1 aliphatic heterocycles. The fraction of sp³-hybridized carbons (Fsp3) is 0.290. The van der Waals surface area contributed by atoms with Crippen LogP contribution >= 0.6 is 11.3 Å². The minimum atomic E-state index is -1.01. The van der Waals surface area contributed by atoms with Crippen molar-refractivity contribution in [3.8, 4) is 16.3 Å². The van der Waals surface area contributed by atoms with Gasteiger partial charge in [-0.05, 0) is 61.3 Å². The first-order valence-electron chi connectivity index (χ1n) is 13.2. The molecular weight excluding hydrogens is 510 g/mol. The number of fused-ring (bicyclic) bond motifs is 1. The van der Waals surface area contributed by atoms with Crippen LogP contribution < -0.4 is 10.1 Å². The van der Waals surface area contributed by atoms with Crippen LogP contribution in [0.25, 0.3) is 27.4 Å². The van der Waals surface area contributed by atoms with Crippen molar-refractivity contribution in [2.75, 3.05) is 26.7 Å². The molecule has 2 aromatic carbocycles. The lowest BCUT2D eigenvalue weighted by atomic mass is 9.98. The summed E-state index contributed by atoms with van der Waals surface area (Å²) in [6.45, 7) is 3.19. The highest BCUT2D eigenvalue weighted by Gasteiger charge is 2.23. The largest absolute Gasteiger partial charge is 0.481 e. The quantitative estimate of drug-likeness (QED) is 0.232. The van der Waals surface area contributed by atoms with E-state index in [1.807, 2.05) is 35.6 Å². The predicted octanol–water partition coefficient (Wildman–Crippen LogP) is 5.36. The number of carboxylic acids is 1. The molecule has 3 heterocycles. The average molecular weight is 544 g/mol. The van der Waals surface area contributed by atoms with E-state index in [1.54, 1.807) is 19.3 Å². The van der Waals surface area contributed by atoms with Gasteiger partial charge in [-0.1, -0.05) is 42.5 Å². The van der Waals surface area contributed by atoms with E-state index in [1.165, 1.54) is 15.3 Å². The molecule has 0 aliphatic carbocycles. The van der Waals surface area contributed by atoms with E-state index < -0.39 is 12.1 Å². The summed E-state index contributed by atoms with van der Waals surface area (Å²) in [5.41, 5.74) is 3.32. The molecule has 1 fully saturated rings. The number of β-amino-alcohol motifs (C(OH)–C–C–N with tert-alkyl or cyclic N) is 1. The highest BCUT2D eigenvalue weighted by Crippen LogP contribution is 2.30. The highest BCUT2D eigenvalue weighted by molar-refractivity contribution is 7.15. The fourth-order valence-electron chi connectivity index (χ4n) is 5.07. The maximum Gasteiger partial charge on any atom is 0.328 e. The third kappa shape index (κ3) is 6.72. The SMILES string of the molecule is COc1ccc2c(/C=C/C(=O)O)ccc(C(O)CN3CCC(NCc4ccc(-c5ccccc5)s4)CC3)c2n1. The number of aromatic nitrogens is 1. The molecule has 4 aromatic rings. The lowest BCUT2D eigenvalue weighted by Gasteiger charge is -2.33. The number of nitrogens with zero attached hydrogens (tertiary/aromatic N) is 2. The van der Waals surface area contributed by atoms with Crippen LogP contribution in [-0.4, -0.2) is 58.9 Å². The zero-order chi connectivity index (χ0) is 27.2. The number of aliphatic carboxylic acids is 1. The summed E-state index contributed by atoms with van der Waals surface area (Å²) < 4.78 is 5.31. The molecular formula is C31H33N3O4S. The van der Waals surface area contributed by atoms with Crippen molar-refractivity contribution in [1.29, 1.82) is 0 Å². The van der Waals surface area contributed by atoms with Gasteiger partial charge in [-0.3, -0.25) is 0 Å². The van der Waals surface area contributed by atoms with Crippen LogP contribution in [0.1, 0.15) is 34.9 Å². The molecule has 1 atom stereocenters. The van der Waals surface area contributed by atoms with Crippen molar-refractivity contribution < 1.29 is 19.7 Å². The maximum absolute atomic E-state index is 11.2. The normalized spacial score (nSPS) is 15.6. The smallest absolute Gasteiger partial charge is 0.328 e. The van der Waals surface area contributed by atoms with Gasteiger partial charge in [-0.2, -0.15) is 0 Å². The third-order valence-corrected chi connectivity index (χ3v) is 8.31. The molecule has 0 spiro atoms. The Labute approximate surface area is 232 Å². The summed E-state index contributed by atoms with van der Waals surface area (Å²) in [5.74, 6) is -0.567. The van der Waals surface area contributed by atoms with Gasteiger partial charge < -0.3 is 25.2 Å². The Morgan fingerprint density at radius 1 is 1.13 bits per heavy atom. The zero-order valence-corrected chi connectivity index (χ0v) is 22.7. The Hall–Kier alpha value is -3.56. The van der Waals surface area contributed by atoms with Gasteiger partial charge in [0.15, 0.2) is 0 Å². The number of hydrogen-bond acceptors (Lipinski definition) is 7. The molecule has 3 N–H and O–H groups in total. The lowest BCUT2D eigenvalue weighted by molar-refractivity contribution is -0.131. The topological polar surface area (TPSA) is 94.9 Å². The van der Waals surface area contributed by atoms with E-state index in [9.17, 15) is 9.90 Å². The Morgan fingerprint density at radius 2 is 1.92 bits per heavy atom. The maximum atomic E-state index is 11.2. The number of likely N-dealkylation sites (tertiary alicyclic amines) is 1. The summed E-state index contributed by atoms with van der Waals surface area (Å²) in [5, 5.41) is 24.7. The summed E-state index contributed by atoms with van der Waals surface area (Å²) in [7, 11) is 1.55. The van der Waals surface area contributed by atoms with Crippen LogP contribution in [0.15, 0.2) is 72.8 Å². The number of methoxy groups -OCH3 is 1. The molecule has 0 radical (unpaired) electrons. The molecule has 2 aromatic heterocycles. The van der Waals surface area contributed by atoms with E-state index in [2.05, 4.69) is 51.6 Å². The van der Waals surface area contributed by atoms with Crippen molar-refractivity contribution in [2.45, 2.75) is 31.5 Å². The number of thiophene rings is 1. The molecule has 5 rings (SSSR count). The van der Waals surface area contributed by atoms with E-state index in [4.69, 9.17) is 9.84 Å². The summed E-state index contributed by atoms with van der Waals surface area (Å²) in [4.78, 5) is 20.5. The van der Waals surface area contributed by atoms with Crippen LogP contribution in [0, 0.1) is 0 Å². The fourth-order valence-corrected chi connectivity index (χ4v) is 6.03. The molecule has 0 amide bonds. The Morgan fingerprint density at radius 3 is 2.67 bits per heavy atom. The molecule has 8 heteroatoms. The first-order valence-corrected chi connectivity index (χ1v) is 14.0. The number of aliphatic hydroxyl groups is 1. The number of nitrogens with one attached hydrogen (secondary N) is 1. The predicted molar refractivity (Wildman–Crippen MR) is 156 cm³/mol. The van der Waals surface area contributed by atoms with Gasteiger partial charge >= 0.3 is 5.97 Å². The van der Waals surface area contributed by atoms with E-state index >= 15 is 0 Å². The first-order chi connectivity index (χ1) is 19.0. The molecule has 1 aliphatic rings. The second-order valence-corrected chi connectivity index (χ2v) is 10.9. The minimum Gasteiger partial charge on any atom is -0.481 e. The Bertz CT molecular complexity index is 1450. The third-order valence-electron chi connectivity index (χ3n) is 7.17. The second kappa shape index (κ2) is 12.5. The van der Waals surface area contributed by atoms with Crippen molar-refractivity contribution in [2.24, 2.45) is 0 Å². The summed E-state index contributed by atoms with van der Waals surface area (Å²) in [6.07, 6.45) is 3.97. The van der Waals surface area contributed by atoms with Gasteiger partial charge in [0, 0.05) is 52.0 Å². The van der Waals surface area contributed by atoms with Gasteiger partial charge in [0.2, 0.25) is 5.88 Å². The van der Waals surface area contributed by atoms with Crippen LogP contribution in [0.4, 0.5) is 0 Å². The molecule has 1 unspecified atom stereocenters. The number of aliphatic hydroxyl groups excluding tert-OH is 1. The van der Waals surface area contributed by atoms with Gasteiger partial charge in [0.25, 0.3) is 0 Å². The van der Waals surface area contributed by atoms with E-state index in [-0.39, 0.29) is 0 Å². The number of carboxylic acid groups (broad SMARTS) is 1. The van der Waals surface area contributed by atoms with Crippen molar-refractivity contribution >= 4 is 34.3 Å². The summed E-state index contributed by atoms with van der Waals surface area (Å²) in [6, 6.07) is 22.6. The van der Waals surface area contributed by atoms with E-state index in [0.29, 0.717) is 29.5 Å².